The van der Waals surface area contributed by atoms with Gasteiger partial charge in [0.1, 0.15) is 5.56 Å². The quantitative estimate of drug-likeness (QED) is 0.508. The molecular weight excluding hydrogens is 384 g/mol. The number of carbonyl (C=O) groups excluding carboxylic acids is 2. The second-order valence-corrected chi connectivity index (χ2v) is 6.27. The SMILES string of the molecule is C/C=C\C(=C/CC)N(CC)C(=O)C(O)C(=O)N(C)c1cccc(Cl)c1C(=O)O. The number of carbonyl (C=O) groups is 3. The zero-order valence-corrected chi connectivity index (χ0v) is 17.1. The fourth-order valence-electron chi connectivity index (χ4n) is 2.67. The van der Waals surface area contributed by atoms with E-state index in [0.29, 0.717) is 12.1 Å². The number of carboxylic acid groups (broad SMARTS) is 1. The number of aliphatic hydroxyl groups excluding tert-OH is 1. The van der Waals surface area contributed by atoms with Gasteiger partial charge in [0.25, 0.3) is 11.8 Å². The zero-order chi connectivity index (χ0) is 21.4. The molecule has 1 aromatic carbocycles. The minimum Gasteiger partial charge on any atom is -0.478 e. The first-order valence-corrected chi connectivity index (χ1v) is 9.20. The van der Waals surface area contributed by atoms with E-state index in [2.05, 4.69) is 0 Å². The molecule has 0 aliphatic carbocycles. The summed E-state index contributed by atoms with van der Waals surface area (Å²) in [5, 5.41) is 19.7. The topological polar surface area (TPSA) is 98.2 Å². The minimum atomic E-state index is -1.99. The fraction of sp³-hybridized carbons (Fsp3) is 0.350. The molecular formula is C20H25ClN2O5. The maximum Gasteiger partial charge on any atom is 0.339 e. The van der Waals surface area contributed by atoms with Crippen LogP contribution in [0.3, 0.4) is 0 Å². The number of hydrogen-bond acceptors (Lipinski definition) is 4. The normalized spacial score (nSPS) is 12.7. The number of aromatic carboxylic acids is 1. The summed E-state index contributed by atoms with van der Waals surface area (Å²) in [5.74, 6) is -3.07. The molecule has 152 valence electrons. The van der Waals surface area contributed by atoms with E-state index in [1.807, 2.05) is 13.0 Å². The van der Waals surface area contributed by atoms with Gasteiger partial charge < -0.3 is 20.0 Å². The number of allylic oxidation sites excluding steroid dienone is 3. The van der Waals surface area contributed by atoms with Gasteiger partial charge >= 0.3 is 5.97 Å². The molecule has 1 atom stereocenters. The average Bonchev–Trinajstić information content (AvgIpc) is 2.66. The number of amides is 2. The van der Waals surface area contributed by atoms with Crippen molar-refractivity contribution in [3.05, 3.63) is 52.7 Å². The van der Waals surface area contributed by atoms with Crippen LogP contribution in [-0.2, 0) is 9.59 Å². The van der Waals surface area contributed by atoms with Crippen molar-refractivity contribution in [2.24, 2.45) is 0 Å². The van der Waals surface area contributed by atoms with Gasteiger partial charge in [-0.1, -0.05) is 36.7 Å². The van der Waals surface area contributed by atoms with Crippen LogP contribution in [-0.4, -0.2) is 52.6 Å². The van der Waals surface area contributed by atoms with Crippen molar-refractivity contribution in [3.63, 3.8) is 0 Å². The third-order valence-corrected chi connectivity index (χ3v) is 4.32. The lowest BCUT2D eigenvalue weighted by molar-refractivity contribution is -0.145. The van der Waals surface area contributed by atoms with E-state index in [-0.39, 0.29) is 22.8 Å². The van der Waals surface area contributed by atoms with E-state index in [0.717, 1.165) is 4.90 Å². The Morgan fingerprint density at radius 2 is 1.86 bits per heavy atom. The molecule has 1 aromatic rings. The van der Waals surface area contributed by atoms with Crippen molar-refractivity contribution in [2.45, 2.75) is 33.3 Å². The molecule has 1 rings (SSSR count). The molecule has 2 amide bonds. The highest BCUT2D eigenvalue weighted by Gasteiger charge is 2.33. The monoisotopic (exact) mass is 408 g/mol. The van der Waals surface area contributed by atoms with Crippen molar-refractivity contribution in [1.82, 2.24) is 4.90 Å². The molecule has 0 saturated carbocycles. The Kier molecular flexibility index (Phi) is 8.88. The van der Waals surface area contributed by atoms with Gasteiger partial charge in [-0.05, 0) is 38.5 Å². The Hall–Kier alpha value is -2.64. The maximum absolute atomic E-state index is 12.7. The number of carboxylic acids is 1. The molecule has 0 saturated heterocycles. The Balaban J connectivity index is 3.21. The van der Waals surface area contributed by atoms with Gasteiger partial charge in [0.15, 0.2) is 0 Å². The van der Waals surface area contributed by atoms with Crippen molar-refractivity contribution >= 4 is 35.1 Å². The highest BCUT2D eigenvalue weighted by molar-refractivity contribution is 6.34. The molecule has 2 N–H and O–H groups in total. The van der Waals surface area contributed by atoms with Crippen LogP contribution < -0.4 is 4.90 Å². The summed E-state index contributed by atoms with van der Waals surface area (Å²) in [5.41, 5.74) is 0.270. The minimum absolute atomic E-state index is 0.0160. The highest BCUT2D eigenvalue weighted by atomic mass is 35.5. The van der Waals surface area contributed by atoms with Crippen LogP contribution >= 0.6 is 11.6 Å². The first kappa shape index (κ1) is 23.4. The summed E-state index contributed by atoms with van der Waals surface area (Å²) in [7, 11) is 1.28. The number of anilines is 1. The van der Waals surface area contributed by atoms with Gasteiger partial charge in [0.05, 0.1) is 10.7 Å². The van der Waals surface area contributed by atoms with Crippen LogP contribution in [0.1, 0.15) is 37.6 Å². The van der Waals surface area contributed by atoms with Gasteiger partial charge in [0.2, 0.25) is 6.10 Å². The number of likely N-dealkylation sites (N-methyl/N-ethyl adjacent to an activating group) is 2. The van der Waals surface area contributed by atoms with E-state index in [9.17, 15) is 24.6 Å². The molecule has 0 bridgehead atoms. The Morgan fingerprint density at radius 3 is 2.36 bits per heavy atom. The lowest BCUT2D eigenvalue weighted by atomic mass is 10.1. The predicted molar refractivity (Wildman–Crippen MR) is 108 cm³/mol. The smallest absolute Gasteiger partial charge is 0.339 e. The molecule has 0 aliphatic rings. The van der Waals surface area contributed by atoms with Gasteiger partial charge in [-0.25, -0.2) is 4.79 Å². The third-order valence-electron chi connectivity index (χ3n) is 4.01. The van der Waals surface area contributed by atoms with Crippen LogP contribution in [0.5, 0.6) is 0 Å². The molecule has 8 heteroatoms. The number of benzene rings is 1. The number of aliphatic hydroxyl groups is 1. The van der Waals surface area contributed by atoms with Gasteiger partial charge in [-0.2, -0.15) is 0 Å². The van der Waals surface area contributed by atoms with E-state index < -0.39 is 23.9 Å². The molecule has 0 aromatic heterocycles. The molecule has 0 heterocycles. The van der Waals surface area contributed by atoms with E-state index in [4.69, 9.17) is 11.6 Å². The maximum atomic E-state index is 12.7. The first-order valence-electron chi connectivity index (χ1n) is 8.82. The second kappa shape index (κ2) is 10.6. The van der Waals surface area contributed by atoms with Crippen molar-refractivity contribution in [1.29, 1.82) is 0 Å². The number of nitrogens with zero attached hydrogens (tertiary/aromatic N) is 2. The molecule has 7 nitrogen and oxygen atoms in total. The average molecular weight is 409 g/mol. The van der Waals surface area contributed by atoms with Crippen LogP contribution in [0.25, 0.3) is 0 Å². The summed E-state index contributed by atoms with van der Waals surface area (Å²) >= 11 is 5.93. The standard InChI is InChI=1S/C20H25ClN2O5/c1-5-9-13(10-6-2)23(7-3)19(26)17(24)18(25)22(4)15-12-8-11-14(21)16(15)20(27)28/h5,8-12,17,24H,6-7H2,1-4H3,(H,27,28)/b9-5-,13-10+. The summed E-state index contributed by atoms with van der Waals surface area (Å²) in [6.07, 6.45) is 3.95. The van der Waals surface area contributed by atoms with Gasteiger partial charge in [-0.15, -0.1) is 0 Å². The molecule has 0 radical (unpaired) electrons. The third kappa shape index (κ3) is 5.21. The predicted octanol–water partition coefficient (Wildman–Crippen LogP) is 3.08. The number of halogens is 1. The zero-order valence-electron chi connectivity index (χ0n) is 16.3. The van der Waals surface area contributed by atoms with Gasteiger partial charge in [-0.3, -0.25) is 9.59 Å². The van der Waals surface area contributed by atoms with Crippen LogP contribution in [0.4, 0.5) is 5.69 Å². The Morgan fingerprint density at radius 1 is 1.21 bits per heavy atom. The lowest BCUT2D eigenvalue weighted by Crippen LogP contribution is -2.48. The molecule has 0 spiro atoms. The van der Waals surface area contributed by atoms with E-state index in [1.165, 1.54) is 30.1 Å². The lowest BCUT2D eigenvalue weighted by Gasteiger charge is -2.27. The number of hydrogen-bond donors (Lipinski definition) is 2. The van der Waals surface area contributed by atoms with Gasteiger partial charge in [0, 0.05) is 19.3 Å². The van der Waals surface area contributed by atoms with E-state index >= 15 is 0 Å². The summed E-state index contributed by atoms with van der Waals surface area (Å²) in [6, 6.07) is 4.24. The van der Waals surface area contributed by atoms with Crippen LogP contribution in [0.15, 0.2) is 42.1 Å². The molecule has 1 unspecified atom stereocenters. The Labute approximate surface area is 169 Å². The van der Waals surface area contributed by atoms with Crippen molar-refractivity contribution < 1.29 is 24.6 Å². The van der Waals surface area contributed by atoms with Crippen molar-refractivity contribution in [2.75, 3.05) is 18.5 Å². The number of rotatable bonds is 8. The first-order chi connectivity index (χ1) is 13.2. The Bertz CT molecular complexity index is 804. The highest BCUT2D eigenvalue weighted by Crippen LogP contribution is 2.27. The summed E-state index contributed by atoms with van der Waals surface area (Å²) in [6.45, 7) is 5.68. The summed E-state index contributed by atoms with van der Waals surface area (Å²) in [4.78, 5) is 39.1. The van der Waals surface area contributed by atoms with Crippen LogP contribution in [0.2, 0.25) is 5.02 Å². The van der Waals surface area contributed by atoms with Crippen molar-refractivity contribution in [3.8, 4) is 0 Å². The van der Waals surface area contributed by atoms with E-state index in [1.54, 1.807) is 26.0 Å². The fourth-order valence-corrected chi connectivity index (χ4v) is 2.92. The molecule has 0 fully saturated rings. The molecule has 0 aliphatic heterocycles. The van der Waals surface area contributed by atoms with Crippen LogP contribution in [0, 0.1) is 0 Å². The second-order valence-electron chi connectivity index (χ2n) is 5.86. The summed E-state index contributed by atoms with van der Waals surface area (Å²) < 4.78 is 0. The molecule has 28 heavy (non-hydrogen) atoms. The largest absolute Gasteiger partial charge is 0.478 e.